The lowest BCUT2D eigenvalue weighted by Gasteiger charge is -2.34. The third-order valence-electron chi connectivity index (χ3n) is 5.38. The number of allylic oxidation sites excluding steroid dienone is 1. The van der Waals surface area contributed by atoms with Crippen LogP contribution in [0, 0.1) is 63.2 Å². The van der Waals surface area contributed by atoms with Gasteiger partial charge < -0.3 is 0 Å². The molecule has 2 aliphatic carbocycles. The molecule has 2 heterocycles. The second kappa shape index (κ2) is 7.71. The highest BCUT2D eigenvalue weighted by atomic mass is 32.2. The van der Waals surface area contributed by atoms with Crippen molar-refractivity contribution in [3.63, 3.8) is 0 Å². The first-order valence-electron chi connectivity index (χ1n) is 9.40. The van der Waals surface area contributed by atoms with Crippen LogP contribution in [0.2, 0.25) is 0 Å². The lowest BCUT2D eigenvalue weighted by Crippen LogP contribution is -2.37. The van der Waals surface area contributed by atoms with Crippen LogP contribution in [0.1, 0.15) is 5.37 Å². The fourth-order valence-corrected chi connectivity index (χ4v) is 5.00. The number of nitrogens with zero attached hydrogens (tertiary/aromatic N) is 3. The topological polar surface area (TPSA) is 48.9 Å². The van der Waals surface area contributed by atoms with Gasteiger partial charge in [0.15, 0.2) is 0 Å². The molecule has 10 radical (unpaired) electrons. The largest absolute Gasteiger partial charge is 0.353 e. The van der Waals surface area contributed by atoms with E-state index < -0.39 is 0 Å². The molecule has 2 aromatic rings. The Kier molecular flexibility index (Phi) is 5.06. The molecule has 3 aliphatic rings. The molecule has 29 heavy (non-hydrogen) atoms. The number of aromatic nitrogens is 3. The molecule has 1 unspecified atom stereocenters. The summed E-state index contributed by atoms with van der Waals surface area (Å²) in [6.07, 6.45) is 18.2. The highest BCUT2D eigenvalue weighted by Crippen LogP contribution is 2.47. The Balaban J connectivity index is 1.69. The van der Waals surface area contributed by atoms with Crippen LogP contribution in [0.15, 0.2) is 51.1 Å². The van der Waals surface area contributed by atoms with E-state index in [-0.39, 0.29) is 16.8 Å². The number of thioether (sulfide) groups is 1. The molecule has 5 rings (SSSR count). The van der Waals surface area contributed by atoms with E-state index >= 15 is 0 Å². The maximum Gasteiger partial charge on any atom is 0.353 e. The van der Waals surface area contributed by atoms with Crippen molar-refractivity contribution in [3.8, 4) is 5.69 Å². The monoisotopic (exact) mass is 401 g/mol. The molecule has 0 saturated heterocycles. The molecule has 0 amide bonds. The Morgan fingerprint density at radius 3 is 2.10 bits per heavy atom. The van der Waals surface area contributed by atoms with E-state index in [0.717, 1.165) is 23.0 Å². The number of benzene rings is 1. The average molecular weight is 401 g/mol. The van der Waals surface area contributed by atoms with Gasteiger partial charge in [-0.3, -0.25) is 0 Å². The van der Waals surface area contributed by atoms with Crippen LogP contribution < -0.4 is 11.4 Å². The Morgan fingerprint density at radius 2 is 1.48 bits per heavy atom. The number of fused-ring (bicyclic) bond motifs is 1. The standard InChI is InChI=1S/C23H19N3O2S/c1-29-21-20(17-11-7-8-12-17)19(16-9-5-6-10-16)15-24-22(27)25(23(28)26(21)24)18-13-3-2-4-14-18/h2-14,21H,15H2,1H3. The van der Waals surface area contributed by atoms with Gasteiger partial charge in [-0.2, -0.15) is 0 Å². The van der Waals surface area contributed by atoms with Crippen molar-refractivity contribution >= 4 is 11.8 Å². The number of hydrogen-bond acceptors (Lipinski definition) is 3. The maximum absolute atomic E-state index is 13.4. The Morgan fingerprint density at radius 1 is 0.862 bits per heavy atom. The van der Waals surface area contributed by atoms with Gasteiger partial charge in [0.25, 0.3) is 0 Å². The Labute approximate surface area is 175 Å². The fourth-order valence-electron chi connectivity index (χ4n) is 4.08. The predicted octanol–water partition coefficient (Wildman–Crippen LogP) is 2.78. The van der Waals surface area contributed by atoms with Gasteiger partial charge in [-0.15, -0.1) is 11.8 Å². The molecule has 1 aliphatic heterocycles. The third kappa shape index (κ3) is 3.07. The summed E-state index contributed by atoms with van der Waals surface area (Å²) < 4.78 is 4.44. The van der Waals surface area contributed by atoms with Gasteiger partial charge >= 0.3 is 11.4 Å². The average Bonchev–Trinajstić information content (AvgIpc) is 3.50. The maximum atomic E-state index is 13.4. The van der Waals surface area contributed by atoms with E-state index in [2.05, 4.69) is 25.7 Å². The van der Waals surface area contributed by atoms with Crippen LogP contribution >= 0.6 is 11.8 Å². The normalized spacial score (nSPS) is 23.1. The predicted molar refractivity (Wildman–Crippen MR) is 115 cm³/mol. The van der Waals surface area contributed by atoms with Gasteiger partial charge in [0.1, 0.15) is 5.37 Å². The first-order chi connectivity index (χ1) is 14.2. The molecule has 1 atom stereocenters. The molecule has 2 fully saturated rings. The molecule has 5 nitrogen and oxygen atoms in total. The second-order valence-corrected chi connectivity index (χ2v) is 7.88. The van der Waals surface area contributed by atoms with Crippen LogP contribution in [0.25, 0.3) is 5.69 Å². The molecule has 1 aromatic carbocycles. The molecule has 144 valence electrons. The molecular weight excluding hydrogens is 382 g/mol. The highest BCUT2D eigenvalue weighted by Gasteiger charge is 2.40. The minimum Gasteiger partial charge on any atom is -0.245 e. The van der Waals surface area contributed by atoms with Crippen LogP contribution in [-0.2, 0) is 6.54 Å². The van der Waals surface area contributed by atoms with Gasteiger partial charge in [0.2, 0.25) is 0 Å². The summed E-state index contributed by atoms with van der Waals surface area (Å²) >= 11 is 1.56. The SMILES string of the molecule is CSC1C([C]2[CH][CH][CH][CH]2)=C([C]2[CH][CH][CH][CH]2)Cn2c(=O)n(-c3ccccc3)c(=O)n21. The summed E-state index contributed by atoms with van der Waals surface area (Å²) in [6.45, 7) is 0.357. The Bertz CT molecular complexity index is 1030. The quantitative estimate of drug-likeness (QED) is 0.792. The van der Waals surface area contributed by atoms with Crippen molar-refractivity contribution in [2.24, 2.45) is 0 Å². The van der Waals surface area contributed by atoms with E-state index in [4.69, 9.17) is 0 Å². The first-order valence-corrected chi connectivity index (χ1v) is 10.7. The van der Waals surface area contributed by atoms with Gasteiger partial charge in [-0.05, 0) is 80.9 Å². The second-order valence-electron chi connectivity index (χ2n) is 6.97. The summed E-state index contributed by atoms with van der Waals surface area (Å²) in [5.74, 6) is 2.16. The summed E-state index contributed by atoms with van der Waals surface area (Å²) in [5, 5.41) is -0.291. The molecule has 2 saturated carbocycles. The van der Waals surface area contributed by atoms with E-state index in [9.17, 15) is 9.59 Å². The van der Waals surface area contributed by atoms with Crippen LogP contribution in [0.4, 0.5) is 0 Å². The van der Waals surface area contributed by atoms with Gasteiger partial charge in [-0.1, -0.05) is 18.2 Å². The van der Waals surface area contributed by atoms with Crippen molar-refractivity contribution in [1.82, 2.24) is 13.9 Å². The van der Waals surface area contributed by atoms with E-state index in [0.29, 0.717) is 12.2 Å². The minimum absolute atomic E-state index is 0.291. The minimum atomic E-state index is -0.314. The smallest absolute Gasteiger partial charge is 0.245 e. The highest BCUT2D eigenvalue weighted by molar-refractivity contribution is 7.98. The van der Waals surface area contributed by atoms with E-state index in [1.807, 2.05) is 50.1 Å². The molecule has 0 spiro atoms. The number of rotatable bonds is 4. The van der Waals surface area contributed by atoms with E-state index in [1.54, 1.807) is 33.3 Å². The van der Waals surface area contributed by atoms with Crippen molar-refractivity contribution in [1.29, 1.82) is 0 Å². The first kappa shape index (κ1) is 19.0. The Hall–Kier alpha value is -1.95. The summed E-state index contributed by atoms with van der Waals surface area (Å²) in [5.41, 5.74) is 2.12. The van der Waals surface area contributed by atoms with Crippen LogP contribution in [0.5, 0.6) is 0 Å². The van der Waals surface area contributed by atoms with Gasteiger partial charge in [0.05, 0.1) is 12.2 Å². The molecule has 0 N–H and O–H groups in total. The zero-order valence-corrected chi connectivity index (χ0v) is 16.7. The van der Waals surface area contributed by atoms with Gasteiger partial charge in [-0.25, -0.2) is 23.5 Å². The zero-order chi connectivity index (χ0) is 20.0. The molecule has 6 heteroatoms. The lowest BCUT2D eigenvalue weighted by atomic mass is 9.84. The summed E-state index contributed by atoms with van der Waals surface area (Å²) in [7, 11) is 0. The summed E-state index contributed by atoms with van der Waals surface area (Å²) in [6, 6.07) is 9.10. The zero-order valence-electron chi connectivity index (χ0n) is 15.9. The number of hydrogen-bond donors (Lipinski definition) is 0. The van der Waals surface area contributed by atoms with Crippen molar-refractivity contribution in [2.45, 2.75) is 11.9 Å². The van der Waals surface area contributed by atoms with Crippen molar-refractivity contribution in [3.05, 3.63) is 126 Å². The third-order valence-corrected chi connectivity index (χ3v) is 6.27. The van der Waals surface area contributed by atoms with E-state index in [1.165, 1.54) is 4.57 Å². The van der Waals surface area contributed by atoms with Crippen molar-refractivity contribution < 1.29 is 0 Å². The lowest BCUT2D eigenvalue weighted by molar-refractivity contribution is 0.445. The van der Waals surface area contributed by atoms with Crippen molar-refractivity contribution in [2.75, 3.05) is 6.26 Å². The summed E-state index contributed by atoms with van der Waals surface area (Å²) in [4.78, 5) is 26.7. The fraction of sp³-hybridized carbons (Fsp3) is 0.130. The molecule has 0 bridgehead atoms. The molecule has 1 aromatic heterocycles. The number of para-hydroxylation sites is 1. The van der Waals surface area contributed by atoms with Crippen LogP contribution in [0.3, 0.4) is 0 Å². The molecular formula is C23H19N3O2S. The van der Waals surface area contributed by atoms with Crippen LogP contribution in [-0.4, -0.2) is 20.2 Å². The van der Waals surface area contributed by atoms with Gasteiger partial charge in [0, 0.05) is 11.8 Å².